The van der Waals surface area contributed by atoms with Gasteiger partial charge >= 0.3 is 0 Å². The van der Waals surface area contributed by atoms with Crippen LogP contribution in [0.2, 0.25) is 5.02 Å². The zero-order chi connectivity index (χ0) is 28.6. The molecule has 0 aliphatic heterocycles. The van der Waals surface area contributed by atoms with Gasteiger partial charge in [0.15, 0.2) is 0 Å². The number of nitrogens with zero attached hydrogens (tertiary/aromatic N) is 2. The molecule has 3 aromatic carbocycles. The normalized spacial score (nSPS) is 12.8. The topological polar surface area (TPSA) is 86.8 Å². The summed E-state index contributed by atoms with van der Waals surface area (Å²) in [4.78, 5) is 29.1. The molecular weight excluding hydrogens is 602 g/mol. The first-order chi connectivity index (χ1) is 18.5. The van der Waals surface area contributed by atoms with Gasteiger partial charge in [0.05, 0.1) is 11.9 Å². The van der Waals surface area contributed by atoms with E-state index in [4.69, 9.17) is 11.6 Å². The van der Waals surface area contributed by atoms with Crippen LogP contribution < -0.4 is 9.62 Å². The van der Waals surface area contributed by atoms with Crippen molar-refractivity contribution in [3.8, 4) is 0 Å². The summed E-state index contributed by atoms with van der Waals surface area (Å²) in [5.41, 5.74) is 1.99. The molecular formula is C29H33BrClN3O4S. The highest BCUT2D eigenvalue weighted by Gasteiger charge is 2.33. The van der Waals surface area contributed by atoms with Crippen molar-refractivity contribution in [1.82, 2.24) is 10.2 Å². The van der Waals surface area contributed by atoms with Crippen molar-refractivity contribution in [3.05, 3.63) is 99.5 Å². The molecule has 0 aliphatic rings. The predicted molar refractivity (Wildman–Crippen MR) is 160 cm³/mol. The Labute approximate surface area is 244 Å². The number of rotatable bonds is 12. The minimum atomic E-state index is -3.81. The Hall–Kier alpha value is -2.88. The van der Waals surface area contributed by atoms with Gasteiger partial charge in [0.2, 0.25) is 21.8 Å². The Morgan fingerprint density at radius 1 is 0.949 bits per heavy atom. The second kappa shape index (κ2) is 14.0. The van der Waals surface area contributed by atoms with Crippen molar-refractivity contribution >= 4 is 55.1 Å². The van der Waals surface area contributed by atoms with Gasteiger partial charge in [0, 0.05) is 28.5 Å². The Morgan fingerprint density at radius 2 is 1.56 bits per heavy atom. The van der Waals surface area contributed by atoms with Crippen molar-refractivity contribution in [2.45, 2.75) is 45.3 Å². The summed E-state index contributed by atoms with van der Waals surface area (Å²) in [6.07, 6.45) is 2.04. The van der Waals surface area contributed by atoms with Gasteiger partial charge in [0.1, 0.15) is 12.6 Å². The number of benzene rings is 3. The molecule has 10 heteroatoms. The summed E-state index contributed by atoms with van der Waals surface area (Å²) < 4.78 is 27.4. The van der Waals surface area contributed by atoms with Crippen LogP contribution in [0.1, 0.15) is 31.4 Å². The number of anilines is 1. The summed E-state index contributed by atoms with van der Waals surface area (Å²) >= 11 is 9.44. The van der Waals surface area contributed by atoms with E-state index < -0.39 is 28.5 Å². The number of halogens is 2. The molecule has 2 atom stereocenters. The van der Waals surface area contributed by atoms with E-state index >= 15 is 0 Å². The fourth-order valence-corrected chi connectivity index (χ4v) is 5.24. The lowest BCUT2D eigenvalue weighted by Crippen LogP contribution is -2.54. The van der Waals surface area contributed by atoms with Crippen LogP contribution in [0.5, 0.6) is 0 Å². The van der Waals surface area contributed by atoms with E-state index in [1.807, 2.05) is 44.2 Å². The van der Waals surface area contributed by atoms with Gasteiger partial charge in [-0.15, -0.1) is 0 Å². The van der Waals surface area contributed by atoms with Gasteiger partial charge in [-0.3, -0.25) is 13.9 Å². The van der Waals surface area contributed by atoms with Crippen molar-refractivity contribution in [2.75, 3.05) is 17.1 Å². The Bertz CT molecular complexity index is 1350. The third-order valence-corrected chi connectivity index (χ3v) is 8.25. The molecule has 3 rings (SSSR count). The van der Waals surface area contributed by atoms with E-state index in [0.717, 1.165) is 32.6 Å². The van der Waals surface area contributed by atoms with E-state index in [0.29, 0.717) is 10.7 Å². The van der Waals surface area contributed by atoms with Gasteiger partial charge in [0.25, 0.3) is 0 Å². The Kier molecular flexibility index (Phi) is 11.0. The first-order valence-corrected chi connectivity index (χ1v) is 15.6. The number of carbonyl (C=O) groups is 2. The minimum absolute atomic E-state index is 0.0966. The van der Waals surface area contributed by atoms with Crippen molar-refractivity contribution < 1.29 is 18.0 Å². The van der Waals surface area contributed by atoms with E-state index in [-0.39, 0.29) is 24.9 Å². The van der Waals surface area contributed by atoms with Crippen LogP contribution in [0.25, 0.3) is 0 Å². The van der Waals surface area contributed by atoms with Crippen molar-refractivity contribution in [1.29, 1.82) is 0 Å². The van der Waals surface area contributed by atoms with Crippen LogP contribution in [0.15, 0.2) is 83.3 Å². The molecule has 0 unspecified atom stereocenters. The van der Waals surface area contributed by atoms with Crippen molar-refractivity contribution in [3.63, 3.8) is 0 Å². The smallest absolute Gasteiger partial charge is 0.244 e. The van der Waals surface area contributed by atoms with Crippen molar-refractivity contribution in [2.24, 2.45) is 0 Å². The largest absolute Gasteiger partial charge is 0.352 e. The fraction of sp³-hybridized carbons (Fsp3) is 0.310. The third kappa shape index (κ3) is 9.08. The van der Waals surface area contributed by atoms with Crippen LogP contribution in [-0.4, -0.2) is 50.0 Å². The zero-order valence-electron chi connectivity index (χ0n) is 22.2. The molecule has 0 saturated carbocycles. The second-order valence-electron chi connectivity index (χ2n) is 9.42. The summed E-state index contributed by atoms with van der Waals surface area (Å²) in [6, 6.07) is 22.2. The van der Waals surface area contributed by atoms with Gasteiger partial charge in [-0.1, -0.05) is 76.9 Å². The molecule has 0 radical (unpaired) electrons. The highest BCUT2D eigenvalue weighted by Crippen LogP contribution is 2.23. The standard InChI is InChI=1S/C29H33BrClN3O4S/c1-4-21(2)32-29(36)27(18-22-8-6-5-7-9-22)33(19-23-10-14-25(31)15-11-23)28(35)20-34(39(3,37)38)26-16-12-24(30)13-17-26/h5-17,21,27H,4,18-20H2,1-3H3,(H,32,36)/t21-,27+/m1/s1. The molecule has 2 amide bonds. The molecule has 0 aromatic heterocycles. The number of carbonyl (C=O) groups excluding carboxylic acids is 2. The average Bonchev–Trinajstić information content (AvgIpc) is 2.90. The molecule has 1 N–H and O–H groups in total. The lowest BCUT2D eigenvalue weighted by molar-refractivity contribution is -0.140. The van der Waals surface area contributed by atoms with Crippen LogP contribution in [0.3, 0.4) is 0 Å². The lowest BCUT2D eigenvalue weighted by atomic mass is 10.0. The molecule has 3 aromatic rings. The molecule has 7 nitrogen and oxygen atoms in total. The van der Waals surface area contributed by atoms with Crippen LogP contribution in [0.4, 0.5) is 5.69 Å². The molecule has 39 heavy (non-hydrogen) atoms. The number of hydrogen-bond donors (Lipinski definition) is 1. The minimum Gasteiger partial charge on any atom is -0.352 e. The van der Waals surface area contributed by atoms with Gasteiger partial charge in [-0.2, -0.15) is 0 Å². The molecule has 208 valence electrons. The number of amides is 2. The summed E-state index contributed by atoms with van der Waals surface area (Å²) in [5, 5.41) is 3.56. The van der Waals surface area contributed by atoms with Crippen LogP contribution in [0, 0.1) is 0 Å². The first kappa shape index (κ1) is 30.7. The average molecular weight is 635 g/mol. The molecule has 0 heterocycles. The lowest BCUT2D eigenvalue weighted by Gasteiger charge is -2.34. The fourth-order valence-electron chi connectivity index (χ4n) is 4.00. The SMILES string of the molecule is CC[C@@H](C)NC(=O)[C@H](Cc1ccccc1)N(Cc1ccc(Cl)cc1)C(=O)CN(c1ccc(Br)cc1)S(C)(=O)=O. The summed E-state index contributed by atoms with van der Waals surface area (Å²) in [7, 11) is -3.81. The quantitative estimate of drug-likeness (QED) is 0.288. The Morgan fingerprint density at radius 3 is 2.13 bits per heavy atom. The van der Waals surface area contributed by atoms with E-state index in [1.165, 1.54) is 4.90 Å². The highest BCUT2D eigenvalue weighted by atomic mass is 79.9. The maximum Gasteiger partial charge on any atom is 0.244 e. The van der Waals surface area contributed by atoms with Gasteiger partial charge < -0.3 is 10.2 Å². The predicted octanol–water partition coefficient (Wildman–Crippen LogP) is 5.42. The molecule has 0 saturated heterocycles. The Balaban J connectivity index is 2.04. The second-order valence-corrected chi connectivity index (χ2v) is 12.7. The molecule has 0 aliphatic carbocycles. The maximum atomic E-state index is 14.0. The number of nitrogens with one attached hydrogen (secondary N) is 1. The van der Waals surface area contributed by atoms with Gasteiger partial charge in [-0.05, 0) is 60.9 Å². The monoisotopic (exact) mass is 633 g/mol. The first-order valence-electron chi connectivity index (χ1n) is 12.6. The number of hydrogen-bond acceptors (Lipinski definition) is 4. The highest BCUT2D eigenvalue weighted by molar-refractivity contribution is 9.10. The summed E-state index contributed by atoms with van der Waals surface area (Å²) in [6.45, 7) is 3.51. The van der Waals surface area contributed by atoms with E-state index in [2.05, 4.69) is 21.2 Å². The zero-order valence-corrected chi connectivity index (χ0v) is 25.3. The third-order valence-electron chi connectivity index (χ3n) is 6.33. The maximum absolute atomic E-state index is 14.0. The summed E-state index contributed by atoms with van der Waals surface area (Å²) in [5.74, 6) is -0.802. The molecule has 0 fully saturated rings. The van der Waals surface area contributed by atoms with E-state index in [9.17, 15) is 18.0 Å². The van der Waals surface area contributed by atoms with E-state index in [1.54, 1.807) is 48.5 Å². The van der Waals surface area contributed by atoms with Crippen LogP contribution in [-0.2, 0) is 32.6 Å². The number of sulfonamides is 1. The van der Waals surface area contributed by atoms with Gasteiger partial charge in [-0.25, -0.2) is 8.42 Å². The molecule has 0 spiro atoms. The van der Waals surface area contributed by atoms with Crippen LogP contribution >= 0.6 is 27.5 Å². The molecule has 0 bridgehead atoms.